The number of amides is 1. The van der Waals surface area contributed by atoms with E-state index >= 15 is 0 Å². The fourth-order valence-electron chi connectivity index (χ4n) is 3.82. The minimum Gasteiger partial charge on any atom is -0.497 e. The van der Waals surface area contributed by atoms with E-state index in [0.29, 0.717) is 22.9 Å². The molecular weight excluding hydrogens is 366 g/mol. The lowest BCUT2D eigenvalue weighted by molar-refractivity contribution is 0.102. The monoisotopic (exact) mass is 391 g/mol. The molecule has 0 bridgehead atoms. The van der Waals surface area contributed by atoms with Gasteiger partial charge in [-0.05, 0) is 49.9 Å². The van der Waals surface area contributed by atoms with Crippen molar-refractivity contribution in [1.29, 1.82) is 0 Å². The Balaban J connectivity index is 1.71. The highest BCUT2D eigenvalue weighted by Crippen LogP contribution is 2.31. The molecule has 1 N–H and O–H groups in total. The number of benzene rings is 2. The molecule has 1 heterocycles. The van der Waals surface area contributed by atoms with Gasteiger partial charge >= 0.3 is 0 Å². The third-order valence-corrected chi connectivity index (χ3v) is 5.30. The predicted octanol–water partition coefficient (Wildman–Crippen LogP) is 4.41. The SMILES string of the molecule is COc1ccc(NC(=O)c2nn(-c3ccccc3)c3c2CCCCC3)c(OC)c1. The standard InChI is InChI=1S/C23H25N3O3/c1-28-17-13-14-19(21(15-17)29-2)24-23(27)22-18-11-7-4-8-12-20(18)26(25-22)16-9-5-3-6-10-16/h3,5-6,9-10,13-15H,4,7-8,11-12H2,1-2H3,(H,24,27). The smallest absolute Gasteiger partial charge is 0.276 e. The molecule has 0 radical (unpaired) electrons. The summed E-state index contributed by atoms with van der Waals surface area (Å²) in [4.78, 5) is 13.2. The molecule has 150 valence electrons. The average molecular weight is 391 g/mol. The molecule has 0 saturated carbocycles. The molecule has 6 heteroatoms. The Morgan fingerprint density at radius 2 is 1.79 bits per heavy atom. The van der Waals surface area contributed by atoms with Crippen LogP contribution in [0.4, 0.5) is 5.69 Å². The molecule has 0 fully saturated rings. The maximum absolute atomic E-state index is 13.2. The second kappa shape index (κ2) is 8.39. The fraction of sp³-hybridized carbons (Fsp3) is 0.304. The van der Waals surface area contributed by atoms with Gasteiger partial charge in [-0.2, -0.15) is 5.10 Å². The van der Waals surface area contributed by atoms with E-state index in [1.807, 2.05) is 35.0 Å². The van der Waals surface area contributed by atoms with Crippen molar-refractivity contribution in [3.8, 4) is 17.2 Å². The van der Waals surface area contributed by atoms with Crippen LogP contribution in [0.2, 0.25) is 0 Å². The summed E-state index contributed by atoms with van der Waals surface area (Å²) in [6.45, 7) is 0. The van der Waals surface area contributed by atoms with Gasteiger partial charge in [0.15, 0.2) is 5.69 Å². The third-order valence-electron chi connectivity index (χ3n) is 5.30. The van der Waals surface area contributed by atoms with E-state index in [-0.39, 0.29) is 5.91 Å². The number of fused-ring (bicyclic) bond motifs is 1. The zero-order valence-corrected chi connectivity index (χ0v) is 16.8. The van der Waals surface area contributed by atoms with Crippen LogP contribution in [0.25, 0.3) is 5.69 Å². The number of ether oxygens (including phenoxy) is 2. The number of aromatic nitrogens is 2. The molecule has 0 atom stereocenters. The maximum atomic E-state index is 13.2. The number of nitrogens with zero attached hydrogens (tertiary/aromatic N) is 2. The Morgan fingerprint density at radius 3 is 2.55 bits per heavy atom. The predicted molar refractivity (Wildman–Crippen MR) is 112 cm³/mol. The normalized spacial score (nSPS) is 13.3. The van der Waals surface area contributed by atoms with Gasteiger partial charge < -0.3 is 14.8 Å². The molecule has 0 saturated heterocycles. The zero-order chi connectivity index (χ0) is 20.2. The molecular formula is C23H25N3O3. The summed E-state index contributed by atoms with van der Waals surface area (Å²) in [5.41, 5.74) is 4.25. The van der Waals surface area contributed by atoms with Crippen LogP contribution >= 0.6 is 0 Å². The van der Waals surface area contributed by atoms with E-state index in [0.717, 1.165) is 49.0 Å². The number of carbonyl (C=O) groups excluding carboxylic acids is 1. The highest BCUT2D eigenvalue weighted by molar-refractivity contribution is 6.05. The molecule has 1 aromatic heterocycles. The van der Waals surface area contributed by atoms with Crippen LogP contribution in [0.1, 0.15) is 41.0 Å². The molecule has 29 heavy (non-hydrogen) atoms. The van der Waals surface area contributed by atoms with Crippen molar-refractivity contribution in [1.82, 2.24) is 9.78 Å². The van der Waals surface area contributed by atoms with E-state index in [9.17, 15) is 4.79 Å². The van der Waals surface area contributed by atoms with Crippen LogP contribution in [0.3, 0.4) is 0 Å². The van der Waals surface area contributed by atoms with Crippen LogP contribution in [0.15, 0.2) is 48.5 Å². The Bertz CT molecular complexity index is 1010. The van der Waals surface area contributed by atoms with E-state index in [1.54, 1.807) is 32.4 Å². The van der Waals surface area contributed by atoms with Crippen LogP contribution in [0.5, 0.6) is 11.5 Å². The first-order valence-electron chi connectivity index (χ1n) is 9.91. The van der Waals surface area contributed by atoms with Gasteiger partial charge in [0.2, 0.25) is 0 Å². The van der Waals surface area contributed by atoms with Crippen molar-refractivity contribution in [2.45, 2.75) is 32.1 Å². The number of anilines is 1. The first-order chi connectivity index (χ1) is 14.2. The molecule has 0 aliphatic heterocycles. The minimum absolute atomic E-state index is 0.221. The zero-order valence-electron chi connectivity index (χ0n) is 16.8. The van der Waals surface area contributed by atoms with Crippen molar-refractivity contribution in [2.24, 2.45) is 0 Å². The van der Waals surface area contributed by atoms with Crippen molar-refractivity contribution >= 4 is 11.6 Å². The lowest BCUT2D eigenvalue weighted by atomic mass is 10.1. The number of hydrogen-bond donors (Lipinski definition) is 1. The second-order valence-electron chi connectivity index (χ2n) is 7.10. The van der Waals surface area contributed by atoms with Gasteiger partial charge in [-0.3, -0.25) is 4.79 Å². The maximum Gasteiger partial charge on any atom is 0.276 e. The molecule has 0 unspecified atom stereocenters. The summed E-state index contributed by atoms with van der Waals surface area (Å²) < 4.78 is 12.6. The summed E-state index contributed by atoms with van der Waals surface area (Å²) in [5.74, 6) is 0.995. The number of hydrogen-bond acceptors (Lipinski definition) is 4. The van der Waals surface area contributed by atoms with Crippen molar-refractivity contribution in [3.05, 3.63) is 65.5 Å². The van der Waals surface area contributed by atoms with Crippen LogP contribution in [-0.4, -0.2) is 29.9 Å². The summed E-state index contributed by atoms with van der Waals surface area (Å²) >= 11 is 0. The number of para-hydroxylation sites is 1. The Labute approximate surface area is 170 Å². The van der Waals surface area contributed by atoms with Gasteiger partial charge in [-0.1, -0.05) is 24.6 Å². The van der Waals surface area contributed by atoms with Crippen molar-refractivity contribution in [3.63, 3.8) is 0 Å². The van der Waals surface area contributed by atoms with Crippen LogP contribution < -0.4 is 14.8 Å². The van der Waals surface area contributed by atoms with E-state index < -0.39 is 0 Å². The first-order valence-corrected chi connectivity index (χ1v) is 9.91. The fourth-order valence-corrected chi connectivity index (χ4v) is 3.82. The van der Waals surface area contributed by atoms with Crippen molar-refractivity contribution in [2.75, 3.05) is 19.5 Å². The molecule has 1 amide bonds. The van der Waals surface area contributed by atoms with Crippen LogP contribution in [-0.2, 0) is 12.8 Å². The lowest BCUT2D eigenvalue weighted by Gasteiger charge is -2.11. The molecule has 4 rings (SSSR count). The molecule has 3 aromatic rings. The highest BCUT2D eigenvalue weighted by atomic mass is 16.5. The average Bonchev–Trinajstić information content (AvgIpc) is 2.95. The largest absolute Gasteiger partial charge is 0.497 e. The lowest BCUT2D eigenvalue weighted by Crippen LogP contribution is -2.15. The Morgan fingerprint density at radius 1 is 1.00 bits per heavy atom. The molecule has 1 aliphatic carbocycles. The summed E-state index contributed by atoms with van der Waals surface area (Å²) in [5, 5.41) is 7.70. The molecule has 1 aliphatic rings. The van der Waals surface area contributed by atoms with Gasteiger partial charge in [-0.15, -0.1) is 0 Å². The third kappa shape index (κ3) is 3.83. The van der Waals surface area contributed by atoms with Gasteiger partial charge in [0, 0.05) is 17.3 Å². The van der Waals surface area contributed by atoms with E-state index in [1.165, 1.54) is 0 Å². The summed E-state index contributed by atoms with van der Waals surface area (Å²) in [6.07, 6.45) is 5.14. The first kappa shape index (κ1) is 19.1. The number of methoxy groups -OCH3 is 2. The minimum atomic E-state index is -0.221. The van der Waals surface area contributed by atoms with Gasteiger partial charge in [0.05, 0.1) is 25.6 Å². The van der Waals surface area contributed by atoms with Gasteiger partial charge in [0.25, 0.3) is 5.91 Å². The summed E-state index contributed by atoms with van der Waals surface area (Å²) in [6, 6.07) is 15.3. The number of rotatable bonds is 5. The molecule has 2 aromatic carbocycles. The Hall–Kier alpha value is -3.28. The number of carbonyl (C=O) groups is 1. The van der Waals surface area contributed by atoms with Crippen LogP contribution in [0, 0.1) is 0 Å². The highest BCUT2D eigenvalue weighted by Gasteiger charge is 2.25. The number of nitrogens with one attached hydrogen (secondary N) is 1. The van der Waals surface area contributed by atoms with E-state index in [4.69, 9.17) is 14.6 Å². The summed E-state index contributed by atoms with van der Waals surface area (Å²) in [7, 11) is 3.17. The van der Waals surface area contributed by atoms with Gasteiger partial charge in [0.1, 0.15) is 11.5 Å². The quantitative estimate of drug-likeness (QED) is 0.654. The molecule has 6 nitrogen and oxygen atoms in total. The Kier molecular flexibility index (Phi) is 5.51. The van der Waals surface area contributed by atoms with Crippen molar-refractivity contribution < 1.29 is 14.3 Å². The van der Waals surface area contributed by atoms with Gasteiger partial charge in [-0.25, -0.2) is 4.68 Å². The topological polar surface area (TPSA) is 65.4 Å². The van der Waals surface area contributed by atoms with E-state index in [2.05, 4.69) is 5.32 Å². The second-order valence-corrected chi connectivity index (χ2v) is 7.10. The molecule has 0 spiro atoms.